The number of hydrogen-bond acceptors (Lipinski definition) is 3. The lowest BCUT2D eigenvalue weighted by atomic mass is 10.1. The molecule has 1 heterocycles. The van der Waals surface area contributed by atoms with Crippen molar-refractivity contribution in [1.82, 2.24) is 0 Å². The van der Waals surface area contributed by atoms with Gasteiger partial charge in [0.15, 0.2) is 0 Å². The van der Waals surface area contributed by atoms with E-state index >= 15 is 0 Å². The van der Waals surface area contributed by atoms with Crippen molar-refractivity contribution in [3.05, 3.63) is 24.3 Å². The highest BCUT2D eigenvalue weighted by atomic mass is 16.5. The number of aliphatic carboxylic acids is 1. The van der Waals surface area contributed by atoms with Crippen molar-refractivity contribution in [2.75, 3.05) is 18.1 Å². The standard InChI is InChI=1S/C18H25NO4/c1-2-3-4-5-6-11-23-16-9-7-15(8-10-16)19-13-14(18(21)22)12-17(19)20/h7-10,14H,2-6,11-13H2,1H3,(H,21,22). The number of ether oxygens (including phenoxy) is 1. The molecule has 0 aliphatic carbocycles. The molecule has 1 unspecified atom stereocenters. The van der Waals surface area contributed by atoms with Crippen molar-refractivity contribution in [3.8, 4) is 5.75 Å². The van der Waals surface area contributed by atoms with Gasteiger partial charge in [-0.05, 0) is 30.7 Å². The second kappa shape index (κ2) is 8.56. The number of amides is 1. The average Bonchev–Trinajstić information content (AvgIpc) is 2.93. The van der Waals surface area contributed by atoms with Crippen LogP contribution in [0, 0.1) is 5.92 Å². The molecule has 23 heavy (non-hydrogen) atoms. The molecule has 0 spiro atoms. The fourth-order valence-corrected chi connectivity index (χ4v) is 2.74. The molecule has 1 N–H and O–H groups in total. The molecular weight excluding hydrogens is 294 g/mol. The molecular formula is C18H25NO4. The van der Waals surface area contributed by atoms with E-state index in [1.165, 1.54) is 30.6 Å². The zero-order valence-corrected chi connectivity index (χ0v) is 13.7. The van der Waals surface area contributed by atoms with E-state index < -0.39 is 11.9 Å². The Morgan fingerprint density at radius 1 is 1.22 bits per heavy atom. The molecule has 1 atom stereocenters. The van der Waals surface area contributed by atoms with Gasteiger partial charge >= 0.3 is 5.97 Å². The van der Waals surface area contributed by atoms with Crippen LogP contribution in [0.15, 0.2) is 24.3 Å². The van der Waals surface area contributed by atoms with E-state index in [1.54, 1.807) is 0 Å². The molecule has 1 aromatic rings. The largest absolute Gasteiger partial charge is 0.494 e. The van der Waals surface area contributed by atoms with Gasteiger partial charge in [0.1, 0.15) is 5.75 Å². The fraction of sp³-hybridized carbons (Fsp3) is 0.556. The van der Waals surface area contributed by atoms with Crippen molar-refractivity contribution in [1.29, 1.82) is 0 Å². The molecule has 5 nitrogen and oxygen atoms in total. The number of benzene rings is 1. The molecule has 126 valence electrons. The zero-order valence-electron chi connectivity index (χ0n) is 13.7. The summed E-state index contributed by atoms with van der Waals surface area (Å²) in [6, 6.07) is 7.30. The number of hydrogen-bond donors (Lipinski definition) is 1. The first-order valence-corrected chi connectivity index (χ1v) is 8.38. The maximum atomic E-state index is 11.9. The van der Waals surface area contributed by atoms with Gasteiger partial charge in [-0.2, -0.15) is 0 Å². The van der Waals surface area contributed by atoms with Crippen LogP contribution >= 0.6 is 0 Å². The summed E-state index contributed by atoms with van der Waals surface area (Å²) in [6.07, 6.45) is 6.07. The third-order valence-corrected chi connectivity index (χ3v) is 4.14. The molecule has 5 heteroatoms. The number of nitrogens with zero attached hydrogens (tertiary/aromatic N) is 1. The van der Waals surface area contributed by atoms with Crippen molar-refractivity contribution < 1.29 is 19.4 Å². The van der Waals surface area contributed by atoms with Crippen molar-refractivity contribution >= 4 is 17.6 Å². The van der Waals surface area contributed by atoms with E-state index in [-0.39, 0.29) is 18.9 Å². The van der Waals surface area contributed by atoms with Gasteiger partial charge in [0.2, 0.25) is 5.91 Å². The van der Waals surface area contributed by atoms with Crippen LogP contribution in [0.3, 0.4) is 0 Å². The molecule has 2 rings (SSSR count). The maximum absolute atomic E-state index is 11.9. The number of carbonyl (C=O) groups is 2. The molecule has 1 aliphatic heterocycles. The molecule has 1 aliphatic rings. The van der Waals surface area contributed by atoms with Crippen LogP contribution in [-0.2, 0) is 9.59 Å². The Morgan fingerprint density at radius 2 is 1.91 bits per heavy atom. The smallest absolute Gasteiger partial charge is 0.308 e. The van der Waals surface area contributed by atoms with E-state index in [0.717, 1.165) is 17.9 Å². The fourth-order valence-electron chi connectivity index (χ4n) is 2.74. The zero-order chi connectivity index (χ0) is 16.7. The van der Waals surface area contributed by atoms with Gasteiger partial charge in [0.25, 0.3) is 0 Å². The molecule has 1 saturated heterocycles. The summed E-state index contributed by atoms with van der Waals surface area (Å²) in [6.45, 7) is 3.14. The third kappa shape index (κ3) is 4.98. The molecule has 1 amide bonds. The Hall–Kier alpha value is -2.04. The molecule has 0 saturated carbocycles. The Kier molecular flexibility index (Phi) is 6.44. The van der Waals surface area contributed by atoms with Crippen LogP contribution < -0.4 is 9.64 Å². The van der Waals surface area contributed by atoms with Crippen LogP contribution in [0.2, 0.25) is 0 Å². The first-order chi connectivity index (χ1) is 11.1. The van der Waals surface area contributed by atoms with Gasteiger partial charge in [-0.3, -0.25) is 9.59 Å². The Labute approximate surface area is 137 Å². The van der Waals surface area contributed by atoms with Crippen molar-refractivity contribution in [2.24, 2.45) is 5.92 Å². The highest BCUT2D eigenvalue weighted by Gasteiger charge is 2.34. The minimum absolute atomic E-state index is 0.0747. The quantitative estimate of drug-likeness (QED) is 0.708. The Bertz CT molecular complexity index is 526. The van der Waals surface area contributed by atoms with Crippen LogP contribution in [0.1, 0.15) is 45.4 Å². The number of carboxylic acids is 1. The second-order valence-corrected chi connectivity index (χ2v) is 6.00. The molecule has 1 fully saturated rings. The predicted molar refractivity (Wildman–Crippen MR) is 88.8 cm³/mol. The van der Waals surface area contributed by atoms with E-state index in [9.17, 15) is 9.59 Å². The summed E-state index contributed by atoms with van der Waals surface area (Å²) in [5.41, 5.74) is 0.731. The van der Waals surface area contributed by atoms with E-state index in [2.05, 4.69) is 6.92 Å². The predicted octanol–water partition coefficient (Wildman–Crippen LogP) is 3.47. The van der Waals surface area contributed by atoms with Gasteiger partial charge in [0.05, 0.1) is 12.5 Å². The number of rotatable bonds is 9. The minimum atomic E-state index is -0.913. The second-order valence-electron chi connectivity index (χ2n) is 6.00. The lowest BCUT2D eigenvalue weighted by molar-refractivity contribution is -0.141. The maximum Gasteiger partial charge on any atom is 0.308 e. The SMILES string of the molecule is CCCCCCCOc1ccc(N2CC(C(=O)O)CC2=O)cc1. The van der Waals surface area contributed by atoms with Crippen molar-refractivity contribution in [3.63, 3.8) is 0 Å². The van der Waals surface area contributed by atoms with Crippen molar-refractivity contribution in [2.45, 2.75) is 45.4 Å². The van der Waals surface area contributed by atoms with E-state index in [1.807, 2.05) is 24.3 Å². The molecule has 0 aromatic heterocycles. The molecule has 1 aromatic carbocycles. The number of unbranched alkanes of at least 4 members (excludes halogenated alkanes) is 4. The Balaban J connectivity index is 1.80. The van der Waals surface area contributed by atoms with E-state index in [4.69, 9.17) is 9.84 Å². The highest BCUT2D eigenvalue weighted by Crippen LogP contribution is 2.27. The van der Waals surface area contributed by atoms with Gasteiger partial charge in [-0.25, -0.2) is 0 Å². The molecule has 0 radical (unpaired) electrons. The number of anilines is 1. The van der Waals surface area contributed by atoms with Crippen LogP contribution in [-0.4, -0.2) is 30.1 Å². The van der Waals surface area contributed by atoms with Gasteiger partial charge < -0.3 is 14.7 Å². The average molecular weight is 319 g/mol. The first-order valence-electron chi connectivity index (χ1n) is 8.38. The summed E-state index contributed by atoms with van der Waals surface area (Å²) in [4.78, 5) is 24.4. The van der Waals surface area contributed by atoms with Gasteiger partial charge in [-0.1, -0.05) is 32.6 Å². The summed E-state index contributed by atoms with van der Waals surface area (Å²) < 4.78 is 5.69. The lowest BCUT2D eigenvalue weighted by Crippen LogP contribution is -2.25. The minimum Gasteiger partial charge on any atom is -0.494 e. The highest BCUT2D eigenvalue weighted by molar-refractivity contribution is 5.99. The van der Waals surface area contributed by atoms with Crippen LogP contribution in [0.4, 0.5) is 5.69 Å². The lowest BCUT2D eigenvalue weighted by Gasteiger charge is -2.16. The molecule has 0 bridgehead atoms. The van der Waals surface area contributed by atoms with Gasteiger partial charge in [0, 0.05) is 18.7 Å². The van der Waals surface area contributed by atoms with Gasteiger partial charge in [-0.15, -0.1) is 0 Å². The summed E-state index contributed by atoms with van der Waals surface area (Å²) in [7, 11) is 0. The number of carbonyl (C=O) groups excluding carboxylic acids is 1. The van der Waals surface area contributed by atoms with E-state index in [0.29, 0.717) is 6.61 Å². The normalized spacial score (nSPS) is 17.5. The topological polar surface area (TPSA) is 66.8 Å². The third-order valence-electron chi connectivity index (χ3n) is 4.14. The number of carboxylic acid groups (broad SMARTS) is 1. The summed E-state index contributed by atoms with van der Waals surface area (Å²) in [5, 5.41) is 9.02. The monoisotopic (exact) mass is 319 g/mol. The summed E-state index contributed by atoms with van der Waals surface area (Å²) in [5.74, 6) is -0.877. The van der Waals surface area contributed by atoms with Crippen LogP contribution in [0.5, 0.6) is 5.75 Å². The first kappa shape index (κ1) is 17.3. The Morgan fingerprint density at radius 3 is 2.52 bits per heavy atom. The summed E-state index contributed by atoms with van der Waals surface area (Å²) >= 11 is 0. The van der Waals surface area contributed by atoms with Crippen LogP contribution in [0.25, 0.3) is 0 Å².